The number of nitrogens with one attached hydrogen (secondary N) is 1. The number of hydrogen-bond acceptors (Lipinski definition) is 2. The average Bonchev–Trinajstić information content (AvgIpc) is 2.35. The molecule has 0 saturated heterocycles. The second kappa shape index (κ2) is 5.45. The first-order valence-electron chi connectivity index (χ1n) is 5.57. The minimum absolute atomic E-state index is 0.0337. The van der Waals surface area contributed by atoms with E-state index in [1.807, 2.05) is 5.32 Å². The molecular weight excluding hydrogens is 304 g/mol. The number of benzene rings is 1. The van der Waals surface area contributed by atoms with E-state index in [1.54, 1.807) is 0 Å². The highest BCUT2D eigenvalue weighted by Gasteiger charge is 2.68. The highest BCUT2D eigenvalue weighted by Crippen LogP contribution is 2.52. The van der Waals surface area contributed by atoms with Gasteiger partial charge in [0.15, 0.2) is 5.41 Å². The number of carbonyl (C=O) groups excluding carboxylic acids is 1. The van der Waals surface area contributed by atoms with E-state index < -0.39 is 35.2 Å². The van der Waals surface area contributed by atoms with Crippen molar-refractivity contribution < 1.29 is 35.9 Å². The van der Waals surface area contributed by atoms with E-state index in [1.165, 1.54) is 7.05 Å². The molecule has 0 aliphatic rings. The Balaban J connectivity index is 3.35. The highest BCUT2D eigenvalue weighted by molar-refractivity contribution is 5.70. The molecule has 0 aromatic heterocycles. The summed E-state index contributed by atoms with van der Waals surface area (Å²) in [6, 6.07) is 3.24. The van der Waals surface area contributed by atoms with Crippen molar-refractivity contribution in [2.24, 2.45) is 0 Å². The van der Waals surface area contributed by atoms with Crippen molar-refractivity contribution in [3.8, 4) is 5.75 Å². The van der Waals surface area contributed by atoms with Gasteiger partial charge in [0, 0.05) is 7.05 Å². The molecule has 1 aromatic rings. The van der Waals surface area contributed by atoms with E-state index in [0.29, 0.717) is 12.1 Å². The van der Waals surface area contributed by atoms with Gasteiger partial charge in [-0.25, -0.2) is 4.79 Å². The van der Waals surface area contributed by atoms with Gasteiger partial charge >= 0.3 is 18.4 Å². The molecule has 0 aliphatic heterocycles. The second-order valence-electron chi connectivity index (χ2n) is 4.29. The Bertz CT molecular complexity index is 509. The SMILES string of the molecule is CNC(=O)Oc1cccc(C(C)(C(F)(F)F)C(F)(F)F)c1. The maximum atomic E-state index is 12.9. The van der Waals surface area contributed by atoms with Gasteiger partial charge in [0.2, 0.25) is 0 Å². The molecule has 0 bridgehead atoms. The fourth-order valence-corrected chi connectivity index (χ4v) is 1.52. The third kappa shape index (κ3) is 3.22. The lowest BCUT2D eigenvalue weighted by Crippen LogP contribution is -2.51. The van der Waals surface area contributed by atoms with Gasteiger partial charge in [0.1, 0.15) is 5.75 Å². The van der Waals surface area contributed by atoms with E-state index >= 15 is 0 Å². The van der Waals surface area contributed by atoms with Gasteiger partial charge in [-0.05, 0) is 24.6 Å². The van der Waals surface area contributed by atoms with E-state index in [4.69, 9.17) is 0 Å². The first-order valence-corrected chi connectivity index (χ1v) is 5.57. The zero-order valence-corrected chi connectivity index (χ0v) is 10.9. The number of rotatable bonds is 2. The van der Waals surface area contributed by atoms with Crippen LogP contribution in [-0.4, -0.2) is 25.5 Å². The van der Waals surface area contributed by atoms with Gasteiger partial charge < -0.3 is 10.1 Å². The summed E-state index contributed by atoms with van der Waals surface area (Å²) in [5.74, 6) is -0.424. The zero-order valence-electron chi connectivity index (χ0n) is 10.9. The van der Waals surface area contributed by atoms with Crippen LogP contribution in [0.15, 0.2) is 24.3 Å². The summed E-state index contributed by atoms with van der Waals surface area (Å²) < 4.78 is 82.0. The van der Waals surface area contributed by atoms with Crippen molar-refractivity contribution in [2.45, 2.75) is 24.7 Å². The molecule has 9 heteroatoms. The van der Waals surface area contributed by atoms with Crippen molar-refractivity contribution in [3.63, 3.8) is 0 Å². The molecule has 0 heterocycles. The normalized spacial score (nSPS) is 13.0. The lowest BCUT2D eigenvalue weighted by Gasteiger charge is -2.34. The van der Waals surface area contributed by atoms with Crippen LogP contribution in [0.5, 0.6) is 5.75 Å². The first-order chi connectivity index (χ1) is 9.43. The van der Waals surface area contributed by atoms with Gasteiger partial charge in [-0.1, -0.05) is 12.1 Å². The third-order valence-corrected chi connectivity index (χ3v) is 2.96. The molecule has 1 amide bonds. The van der Waals surface area contributed by atoms with Crippen LogP contribution in [0, 0.1) is 0 Å². The maximum absolute atomic E-state index is 12.9. The number of halogens is 6. The molecule has 1 rings (SSSR count). The summed E-state index contributed by atoms with van der Waals surface area (Å²) in [6.07, 6.45) is -12.1. The largest absolute Gasteiger partial charge is 0.412 e. The quantitative estimate of drug-likeness (QED) is 0.843. The molecule has 0 atom stereocenters. The molecule has 0 spiro atoms. The van der Waals surface area contributed by atoms with E-state index in [-0.39, 0.29) is 6.92 Å². The molecule has 0 aliphatic carbocycles. The molecule has 0 fully saturated rings. The molecule has 0 radical (unpaired) electrons. The van der Waals surface area contributed by atoms with Crippen LogP contribution >= 0.6 is 0 Å². The standard InChI is InChI=1S/C12H11F6NO2/c1-10(11(13,14)15,12(16,17)18)7-4-3-5-8(6-7)21-9(20)19-2/h3-6H,1-2H3,(H,19,20). The summed E-state index contributed by atoms with van der Waals surface area (Å²) in [5, 5.41) is 2.03. The molecule has 0 unspecified atom stereocenters. The van der Waals surface area contributed by atoms with E-state index in [2.05, 4.69) is 4.74 Å². The fraction of sp³-hybridized carbons (Fsp3) is 0.417. The maximum Gasteiger partial charge on any atom is 0.412 e. The molecule has 0 saturated carbocycles. The number of ether oxygens (including phenoxy) is 1. The van der Waals surface area contributed by atoms with Crippen molar-refractivity contribution in [1.82, 2.24) is 5.32 Å². The summed E-state index contributed by atoms with van der Waals surface area (Å²) in [6.45, 7) is 0.0337. The van der Waals surface area contributed by atoms with Gasteiger partial charge in [0.05, 0.1) is 0 Å². The van der Waals surface area contributed by atoms with Crippen molar-refractivity contribution in [1.29, 1.82) is 0 Å². The Labute approximate surface area is 115 Å². The molecule has 118 valence electrons. The summed E-state index contributed by atoms with van der Waals surface area (Å²) >= 11 is 0. The number of amides is 1. The number of alkyl halides is 6. The molecular formula is C12H11F6NO2. The van der Waals surface area contributed by atoms with E-state index in [0.717, 1.165) is 12.1 Å². The van der Waals surface area contributed by atoms with Gasteiger partial charge in [-0.2, -0.15) is 26.3 Å². The topological polar surface area (TPSA) is 38.3 Å². The minimum atomic E-state index is -5.56. The average molecular weight is 315 g/mol. The summed E-state index contributed by atoms with van der Waals surface area (Å²) in [5.41, 5.74) is -5.13. The number of hydrogen-bond donors (Lipinski definition) is 1. The van der Waals surface area contributed by atoms with Gasteiger partial charge in [0.25, 0.3) is 0 Å². The lowest BCUT2D eigenvalue weighted by atomic mass is 9.81. The summed E-state index contributed by atoms with van der Waals surface area (Å²) in [7, 11) is 1.20. The van der Waals surface area contributed by atoms with Gasteiger partial charge in [-0.3, -0.25) is 0 Å². The molecule has 3 nitrogen and oxygen atoms in total. The van der Waals surface area contributed by atoms with Crippen molar-refractivity contribution >= 4 is 6.09 Å². The van der Waals surface area contributed by atoms with Crippen LogP contribution in [0.4, 0.5) is 31.1 Å². The van der Waals surface area contributed by atoms with Crippen LogP contribution in [0.1, 0.15) is 12.5 Å². The lowest BCUT2D eigenvalue weighted by molar-refractivity contribution is -0.297. The Kier molecular flexibility index (Phi) is 4.45. The number of carbonyl (C=O) groups is 1. The van der Waals surface area contributed by atoms with Crippen LogP contribution in [0.2, 0.25) is 0 Å². The smallest absolute Gasteiger partial charge is 0.410 e. The first kappa shape index (κ1) is 17.1. The van der Waals surface area contributed by atoms with Crippen LogP contribution in [0.3, 0.4) is 0 Å². The van der Waals surface area contributed by atoms with Gasteiger partial charge in [-0.15, -0.1) is 0 Å². The van der Waals surface area contributed by atoms with Crippen molar-refractivity contribution in [2.75, 3.05) is 7.05 Å². The monoisotopic (exact) mass is 315 g/mol. The van der Waals surface area contributed by atoms with Crippen LogP contribution in [0.25, 0.3) is 0 Å². The molecule has 1 N–H and O–H groups in total. The third-order valence-electron chi connectivity index (χ3n) is 2.96. The summed E-state index contributed by atoms with van der Waals surface area (Å²) in [4.78, 5) is 11.0. The fourth-order valence-electron chi connectivity index (χ4n) is 1.52. The Morgan fingerprint density at radius 3 is 2.05 bits per heavy atom. The Hall–Kier alpha value is -1.93. The predicted octanol–water partition coefficient (Wildman–Crippen LogP) is 3.79. The van der Waals surface area contributed by atoms with Crippen LogP contribution < -0.4 is 10.1 Å². The Morgan fingerprint density at radius 2 is 1.62 bits per heavy atom. The van der Waals surface area contributed by atoms with E-state index in [9.17, 15) is 31.1 Å². The predicted molar refractivity (Wildman–Crippen MR) is 61.0 cm³/mol. The minimum Gasteiger partial charge on any atom is -0.410 e. The van der Waals surface area contributed by atoms with Crippen LogP contribution in [-0.2, 0) is 5.41 Å². The molecule has 1 aromatic carbocycles. The Morgan fingerprint density at radius 1 is 1.10 bits per heavy atom. The molecule has 21 heavy (non-hydrogen) atoms. The van der Waals surface area contributed by atoms with Crippen molar-refractivity contribution in [3.05, 3.63) is 29.8 Å². The second-order valence-corrected chi connectivity index (χ2v) is 4.29. The zero-order chi connectivity index (χ0) is 16.5. The highest BCUT2D eigenvalue weighted by atomic mass is 19.4.